The molecular formula is C88H118FN19O24. The summed E-state index contributed by atoms with van der Waals surface area (Å²) < 4.78 is 33.9. The van der Waals surface area contributed by atoms with Crippen molar-refractivity contribution >= 4 is 129 Å². The number of hydrogen-bond donors (Lipinski definition) is 6. The number of pyridine rings is 2. The number of benzene rings is 2. The molecule has 4 aliphatic rings. The van der Waals surface area contributed by atoms with Crippen molar-refractivity contribution in [3.8, 4) is 11.4 Å². The number of fused-ring (bicyclic) bond motifs is 5. The van der Waals surface area contributed by atoms with Crippen molar-refractivity contribution in [3.63, 3.8) is 0 Å². The van der Waals surface area contributed by atoms with Gasteiger partial charge < -0.3 is 104 Å². The molecule has 0 radical (unpaired) electrons. The zero-order chi connectivity index (χ0) is 98.3. The Morgan fingerprint density at radius 3 is 1.55 bits per heavy atom. The number of halogens is 1. The van der Waals surface area contributed by atoms with Crippen LogP contribution in [0.5, 0.6) is 0 Å². The van der Waals surface area contributed by atoms with E-state index in [2.05, 4.69) is 26.6 Å². The third-order valence-corrected chi connectivity index (χ3v) is 23.1. The second-order valence-electron chi connectivity index (χ2n) is 34.8. The summed E-state index contributed by atoms with van der Waals surface area (Å²) in [5, 5.41) is 25.9. The van der Waals surface area contributed by atoms with Gasteiger partial charge in [0.15, 0.2) is 5.60 Å². The number of aliphatic hydroxyl groups is 1. The second kappa shape index (κ2) is 44.2. The molecule has 2 aromatic heterocycles. The SMILES string of the molecule is CC[C@@]1(O)C(=O)OCc2c1cc1n(c2=O)Cc2c-1nc1cc(F)c(C)c3c1c2[C@@H](NC(=O)OCc1ccc(NC(=O)[C@H](CCCCNC(=O)OC(C)(C)C)NC(=O)[C@@H](NC(=O)CN2C(=O)C=CC2=O)C(C)C)cc1CN(C)C(=O)CN(C)C(=O)CN(C)C(=O)CN(C)C(=O)CN(C)C(=O)CN(C)C(=O)CN(C)C(=O)CN(C)C(=O)CN(C)C(=O)CN(C)C(=O)CN(C)C(C)=O)CC3. The molecule has 2 aromatic carbocycles. The van der Waals surface area contributed by atoms with E-state index < -0.39 is 232 Å². The average molecular weight is 1850 g/mol. The van der Waals surface area contributed by atoms with Gasteiger partial charge >= 0.3 is 18.2 Å². The Balaban J connectivity index is 0.931. The van der Waals surface area contributed by atoms with Gasteiger partial charge in [-0.15, -0.1) is 0 Å². The Hall–Kier alpha value is -13.8. The van der Waals surface area contributed by atoms with E-state index in [0.717, 1.165) is 56.3 Å². The number of alkyl carbamates (subject to hydrolysis) is 2. The molecule has 0 unspecified atom stereocenters. The molecule has 0 saturated heterocycles. The maximum Gasteiger partial charge on any atom is 0.407 e. The Bertz CT molecular complexity index is 5340. The number of aromatic nitrogens is 2. The van der Waals surface area contributed by atoms with Crippen molar-refractivity contribution in [3.05, 3.63) is 103 Å². The normalized spacial score (nSPS) is 14.9. The van der Waals surface area contributed by atoms with Crippen LogP contribution in [0.3, 0.4) is 0 Å². The van der Waals surface area contributed by atoms with Crippen molar-refractivity contribution in [1.82, 2.24) is 89.6 Å². The number of esters is 1. The highest BCUT2D eigenvalue weighted by atomic mass is 19.1. The summed E-state index contributed by atoms with van der Waals surface area (Å²) in [5.41, 5.74) is -0.125. The second-order valence-corrected chi connectivity index (χ2v) is 34.8. The van der Waals surface area contributed by atoms with Gasteiger partial charge in [-0.1, -0.05) is 26.8 Å². The highest BCUT2D eigenvalue weighted by molar-refractivity contribution is 6.14. The molecule has 0 fully saturated rings. The molecule has 44 heteroatoms. The highest BCUT2D eigenvalue weighted by Crippen LogP contribution is 2.46. The molecular weight excluding hydrogens is 1730 g/mol. The van der Waals surface area contributed by atoms with Crippen molar-refractivity contribution in [2.75, 3.05) is 161 Å². The van der Waals surface area contributed by atoms with E-state index in [4.69, 9.17) is 19.2 Å². The predicted molar refractivity (Wildman–Crippen MR) is 470 cm³/mol. The number of nitrogens with zero attached hydrogens (tertiary/aromatic N) is 14. The third kappa shape index (κ3) is 26.1. The first-order valence-corrected chi connectivity index (χ1v) is 42.6. The summed E-state index contributed by atoms with van der Waals surface area (Å²) in [6.45, 7) is 5.80. The number of amides is 18. The molecule has 1 aliphatic carbocycles. The van der Waals surface area contributed by atoms with Crippen LogP contribution in [-0.4, -0.2) is 360 Å². The molecule has 6 N–H and O–H groups in total. The Kier molecular flexibility index (Phi) is 34.7. The van der Waals surface area contributed by atoms with Crippen LogP contribution in [-0.2, 0) is 134 Å². The van der Waals surface area contributed by atoms with E-state index >= 15 is 4.39 Å². The smallest absolute Gasteiger partial charge is 0.407 e. The summed E-state index contributed by atoms with van der Waals surface area (Å²) in [6, 6.07) is 3.66. The molecule has 0 spiro atoms. The summed E-state index contributed by atoms with van der Waals surface area (Å²) in [6.07, 6.45) is 1.10. The van der Waals surface area contributed by atoms with Gasteiger partial charge in [-0.3, -0.25) is 86.4 Å². The number of imide groups is 1. The van der Waals surface area contributed by atoms with Crippen molar-refractivity contribution < 1.29 is 115 Å². The third-order valence-electron chi connectivity index (χ3n) is 23.1. The maximum atomic E-state index is 15.9. The van der Waals surface area contributed by atoms with Crippen LogP contribution in [0.1, 0.15) is 131 Å². The van der Waals surface area contributed by atoms with E-state index in [1.165, 1.54) is 129 Å². The molecule has 4 atom stereocenters. The van der Waals surface area contributed by atoms with Crippen LogP contribution >= 0.6 is 0 Å². The molecule has 5 heterocycles. The van der Waals surface area contributed by atoms with Gasteiger partial charge in [0.2, 0.25) is 82.7 Å². The average Bonchev–Trinajstić information content (AvgIpc) is 1.48. The number of carbonyl (C=O) groups is 19. The van der Waals surface area contributed by atoms with Crippen LogP contribution in [0.25, 0.3) is 22.3 Å². The largest absolute Gasteiger partial charge is 0.458 e. The van der Waals surface area contributed by atoms with Gasteiger partial charge in [-0.25, -0.2) is 23.8 Å². The number of hydrogen-bond acceptors (Lipinski definition) is 25. The van der Waals surface area contributed by atoms with E-state index in [1.54, 1.807) is 48.5 Å². The number of likely N-dealkylation sites (N-methyl/N-ethyl adjacent to an activating group) is 11. The zero-order valence-electron chi connectivity index (χ0n) is 77.9. The summed E-state index contributed by atoms with van der Waals surface area (Å²) in [4.78, 5) is 284. The summed E-state index contributed by atoms with van der Waals surface area (Å²) in [7, 11) is 14.5. The summed E-state index contributed by atoms with van der Waals surface area (Å²) in [5.74, 6) is -13.1. The van der Waals surface area contributed by atoms with Crippen LogP contribution in [0.15, 0.2) is 47.3 Å². The molecule has 43 nitrogen and oxygen atoms in total. The number of anilines is 1. The Labute approximate surface area is 761 Å². The first-order valence-electron chi connectivity index (χ1n) is 42.6. The quantitative estimate of drug-likeness (QED) is 0.0121. The van der Waals surface area contributed by atoms with Crippen molar-refractivity contribution in [2.24, 2.45) is 5.92 Å². The van der Waals surface area contributed by atoms with Gasteiger partial charge in [0.05, 0.1) is 101 Å². The van der Waals surface area contributed by atoms with Crippen LogP contribution in [0.4, 0.5) is 19.7 Å². The van der Waals surface area contributed by atoms with E-state index in [0.29, 0.717) is 32.5 Å². The minimum Gasteiger partial charge on any atom is -0.458 e. The van der Waals surface area contributed by atoms with Gasteiger partial charge in [-0.2, -0.15) is 0 Å². The van der Waals surface area contributed by atoms with Crippen LogP contribution in [0, 0.1) is 18.7 Å². The highest BCUT2D eigenvalue weighted by Gasteiger charge is 2.47. The fourth-order valence-electron chi connectivity index (χ4n) is 14.7. The number of carbonyl (C=O) groups excluding carboxylic acids is 19. The van der Waals surface area contributed by atoms with Gasteiger partial charge in [0, 0.05) is 138 Å². The molecule has 0 bridgehead atoms. The molecule has 3 aliphatic heterocycles. The molecule has 8 rings (SSSR count). The van der Waals surface area contributed by atoms with E-state index in [-0.39, 0.29) is 115 Å². The molecule has 0 saturated carbocycles. The fourth-order valence-corrected chi connectivity index (χ4v) is 14.7. The zero-order valence-corrected chi connectivity index (χ0v) is 77.9. The Morgan fingerprint density at radius 1 is 0.606 bits per heavy atom. The minimum atomic E-state index is -2.16. The topological polar surface area (TPSA) is 506 Å². The first-order chi connectivity index (χ1) is 61.7. The van der Waals surface area contributed by atoms with E-state index in [9.17, 15) is 101 Å². The van der Waals surface area contributed by atoms with Gasteiger partial charge in [-0.05, 0) is 118 Å². The molecule has 4 aromatic rings. The van der Waals surface area contributed by atoms with Gasteiger partial charge in [0.1, 0.15) is 43.3 Å². The van der Waals surface area contributed by atoms with Crippen molar-refractivity contribution in [2.45, 2.75) is 150 Å². The minimum absolute atomic E-state index is 0.0503. The summed E-state index contributed by atoms with van der Waals surface area (Å²) >= 11 is 0. The first kappa shape index (κ1) is 104. The molecule has 18 amide bonds. The lowest BCUT2D eigenvalue weighted by Gasteiger charge is -2.31. The van der Waals surface area contributed by atoms with E-state index in [1.807, 2.05) is 0 Å². The monoisotopic (exact) mass is 1840 g/mol. The predicted octanol–water partition coefficient (Wildman–Crippen LogP) is -0.813. The van der Waals surface area contributed by atoms with Crippen molar-refractivity contribution in [1.29, 1.82) is 0 Å². The Morgan fingerprint density at radius 2 is 1.08 bits per heavy atom. The lowest BCUT2D eigenvalue weighted by atomic mass is 9.81. The number of nitrogens with one attached hydrogen (secondary N) is 5. The number of unbranched alkanes of at least 4 members (excludes halogenated alkanes) is 1. The van der Waals surface area contributed by atoms with Crippen LogP contribution < -0.4 is 32.1 Å². The molecule has 716 valence electrons. The lowest BCUT2D eigenvalue weighted by molar-refractivity contribution is -0.172. The maximum absolute atomic E-state index is 15.9. The van der Waals surface area contributed by atoms with Gasteiger partial charge in [0.25, 0.3) is 17.4 Å². The molecule has 132 heavy (non-hydrogen) atoms. The number of aryl methyl sites for hydroxylation is 1. The fraction of sp³-hybridized carbons (Fsp3) is 0.534. The lowest BCUT2D eigenvalue weighted by Crippen LogP contribution is -2.56. The number of ether oxygens (including phenoxy) is 3. The standard InChI is InChI=1S/C88H118FN19O24/c1-20-88(129)58-32-63-80-56(35-107(63)83(125)57(58)48-130-84(88)126)78-60(27-26-55-50(4)59(89)33-62(92-80)77(55)78)94-86(128)131-47-52-24-25-54(91-81(123)61(23-21-22-30-90-85(127)132-87(6,7)8)93-82(124)79(49(2)3)95-64(110)36-108-65(111)28-29-66(108)112)31-53(52)34-97(10)68(114)38-99(12)70(116)40-101(14)72(118)42-103(16)74(120)44-105(18)76(122)46-106(19)75(121)45-104(17)73(119)43-102(15)71(117)41-100(13)69(115)39-98(11)67(113)37-96(9)51(5)109/h24-25,28-29,31-33,49,60-61,79,129H,20-23,26-27,30,34-48H2,1-19H3,(H,90,127)(H,91,123)(H,93,124)(H,94,128)(H,95,110)/t60-,61-,79-,88-/m0/s1. The van der Waals surface area contributed by atoms with Crippen LogP contribution in [0.2, 0.25) is 0 Å². The number of rotatable bonds is 39. The number of cyclic esters (lactones) is 1.